The van der Waals surface area contributed by atoms with Gasteiger partial charge in [0.15, 0.2) is 0 Å². The average Bonchev–Trinajstić information content (AvgIpc) is 2.77. The van der Waals surface area contributed by atoms with Gasteiger partial charge in [-0.15, -0.1) is 0 Å². The average molecular weight is 326 g/mol. The molecule has 4 rings (SSSR count). The summed E-state index contributed by atoms with van der Waals surface area (Å²) < 4.78 is 0. The molecule has 1 aliphatic rings. The smallest absolute Gasteiger partial charge is 0.0681 e. The predicted octanol–water partition coefficient (Wildman–Crippen LogP) is 5.33. The highest BCUT2D eigenvalue weighted by Crippen LogP contribution is 2.44. The van der Waals surface area contributed by atoms with E-state index in [1.807, 2.05) is 12.1 Å². The van der Waals surface area contributed by atoms with E-state index in [4.69, 9.17) is 0 Å². The molecule has 0 unspecified atom stereocenters. The second-order valence-corrected chi connectivity index (χ2v) is 6.99. The first kappa shape index (κ1) is 15.9. The number of fused-ring (bicyclic) bond motifs is 2. The molecule has 1 atom stereocenters. The molecule has 0 aromatic heterocycles. The fourth-order valence-electron chi connectivity index (χ4n) is 3.95. The fourth-order valence-corrected chi connectivity index (χ4v) is 3.95. The lowest BCUT2D eigenvalue weighted by atomic mass is 9.69. The summed E-state index contributed by atoms with van der Waals surface area (Å²) in [6.45, 7) is 4.52. The summed E-state index contributed by atoms with van der Waals surface area (Å²) in [5.74, 6) is 0. The maximum absolute atomic E-state index is 9.38. The summed E-state index contributed by atoms with van der Waals surface area (Å²) in [4.78, 5) is 0. The van der Waals surface area contributed by atoms with Gasteiger partial charge >= 0.3 is 0 Å². The molecule has 0 aliphatic heterocycles. The lowest BCUT2D eigenvalue weighted by molar-refractivity contribution is 0.282. The number of hydrogen-bond donors (Lipinski definition) is 1. The fraction of sp³-hybridized carbons (Fsp3) is 0.167. The molecule has 1 N–H and O–H groups in total. The molecule has 124 valence electrons. The van der Waals surface area contributed by atoms with Gasteiger partial charge < -0.3 is 5.11 Å². The Hall–Kier alpha value is -2.64. The van der Waals surface area contributed by atoms with Crippen LogP contribution in [0.4, 0.5) is 0 Å². The Morgan fingerprint density at radius 2 is 1.48 bits per heavy atom. The molecule has 0 spiro atoms. The van der Waals surface area contributed by atoms with Crippen LogP contribution in [0.3, 0.4) is 0 Å². The Morgan fingerprint density at radius 3 is 2.24 bits per heavy atom. The van der Waals surface area contributed by atoms with Gasteiger partial charge in [-0.3, -0.25) is 0 Å². The quantitative estimate of drug-likeness (QED) is 0.675. The molecule has 0 amide bonds. The molecule has 1 aliphatic carbocycles. The molecule has 0 fully saturated rings. The van der Waals surface area contributed by atoms with Gasteiger partial charge in [0.1, 0.15) is 0 Å². The number of benzene rings is 3. The van der Waals surface area contributed by atoms with E-state index in [1.165, 1.54) is 33.4 Å². The summed E-state index contributed by atoms with van der Waals surface area (Å²) in [6.07, 6.45) is 4.45. The van der Waals surface area contributed by atoms with Crippen LogP contribution in [0, 0.1) is 6.92 Å². The third-order valence-electron chi connectivity index (χ3n) is 5.40. The minimum atomic E-state index is -0.239. The van der Waals surface area contributed by atoms with Gasteiger partial charge in [-0.1, -0.05) is 84.4 Å². The predicted molar refractivity (Wildman–Crippen MR) is 104 cm³/mol. The highest BCUT2D eigenvalue weighted by molar-refractivity contribution is 5.79. The van der Waals surface area contributed by atoms with Crippen LogP contribution in [0.1, 0.15) is 45.9 Å². The second kappa shape index (κ2) is 6.02. The summed E-state index contributed by atoms with van der Waals surface area (Å²) >= 11 is 0. The zero-order chi connectivity index (χ0) is 17.4. The van der Waals surface area contributed by atoms with E-state index < -0.39 is 0 Å². The van der Waals surface area contributed by atoms with E-state index >= 15 is 0 Å². The van der Waals surface area contributed by atoms with Crippen LogP contribution in [0.2, 0.25) is 0 Å². The first-order valence-electron chi connectivity index (χ1n) is 8.72. The zero-order valence-electron chi connectivity index (χ0n) is 14.7. The first-order valence-corrected chi connectivity index (χ1v) is 8.72. The number of aliphatic hydroxyl groups is 1. The van der Waals surface area contributed by atoms with Crippen LogP contribution in [-0.4, -0.2) is 5.11 Å². The van der Waals surface area contributed by atoms with Gasteiger partial charge in [-0.05, 0) is 47.2 Å². The molecule has 3 aromatic carbocycles. The number of aryl methyl sites for hydroxylation is 1. The van der Waals surface area contributed by atoms with Crippen LogP contribution < -0.4 is 0 Å². The topological polar surface area (TPSA) is 20.2 Å². The minimum absolute atomic E-state index is 0.0743. The monoisotopic (exact) mass is 326 g/mol. The normalized spacial score (nSPS) is 18.4. The molecular weight excluding hydrogens is 304 g/mol. The van der Waals surface area contributed by atoms with Gasteiger partial charge in [0.05, 0.1) is 6.61 Å². The van der Waals surface area contributed by atoms with Crippen LogP contribution in [0.25, 0.3) is 12.2 Å². The molecule has 1 heteroatoms. The van der Waals surface area contributed by atoms with Crippen molar-refractivity contribution < 1.29 is 5.11 Å². The van der Waals surface area contributed by atoms with Crippen molar-refractivity contribution >= 4 is 12.2 Å². The van der Waals surface area contributed by atoms with Crippen LogP contribution in [0.15, 0.2) is 66.7 Å². The summed E-state index contributed by atoms with van der Waals surface area (Å²) in [5.41, 5.74) is 8.36. The Labute approximate surface area is 149 Å². The number of aliphatic hydroxyl groups excluding tert-OH is 1. The van der Waals surface area contributed by atoms with Gasteiger partial charge in [0.2, 0.25) is 0 Å². The maximum Gasteiger partial charge on any atom is 0.0681 e. The largest absolute Gasteiger partial charge is 0.392 e. The zero-order valence-corrected chi connectivity index (χ0v) is 14.7. The van der Waals surface area contributed by atoms with Crippen molar-refractivity contribution in [2.24, 2.45) is 0 Å². The molecule has 0 radical (unpaired) electrons. The van der Waals surface area contributed by atoms with Gasteiger partial charge in [-0.2, -0.15) is 0 Å². The Bertz CT molecular complexity index is 950. The molecule has 1 nitrogen and oxygen atoms in total. The highest BCUT2D eigenvalue weighted by atomic mass is 16.3. The maximum atomic E-state index is 9.38. The highest BCUT2D eigenvalue weighted by Gasteiger charge is 2.35. The second-order valence-electron chi connectivity index (χ2n) is 6.99. The van der Waals surface area contributed by atoms with E-state index in [0.717, 1.165) is 5.56 Å². The summed E-state index contributed by atoms with van der Waals surface area (Å²) in [6, 6.07) is 23.7. The van der Waals surface area contributed by atoms with E-state index in [9.17, 15) is 5.11 Å². The number of rotatable bonds is 2. The van der Waals surface area contributed by atoms with Crippen molar-refractivity contribution in [2.45, 2.75) is 25.9 Å². The first-order chi connectivity index (χ1) is 12.1. The van der Waals surface area contributed by atoms with Crippen LogP contribution in [-0.2, 0) is 12.0 Å². The van der Waals surface area contributed by atoms with Gasteiger partial charge in [-0.25, -0.2) is 0 Å². The minimum Gasteiger partial charge on any atom is -0.392 e. The lowest BCUT2D eigenvalue weighted by Gasteiger charge is -2.33. The standard InChI is InChI=1S/C24H22O/c1-17-7-14-23-20(15-17)11-10-19-5-3-4-6-22(19)24(23,2)21-12-8-18(16-25)9-13-21/h3-15,25H,16H2,1-2H3/t24-/m0/s1. The summed E-state index contributed by atoms with van der Waals surface area (Å²) in [5, 5.41) is 9.38. The Balaban J connectivity index is 2.03. The Morgan fingerprint density at radius 1 is 0.800 bits per heavy atom. The van der Waals surface area contributed by atoms with Crippen molar-refractivity contribution in [3.05, 3.63) is 106 Å². The van der Waals surface area contributed by atoms with Crippen molar-refractivity contribution in [3.8, 4) is 0 Å². The van der Waals surface area contributed by atoms with E-state index in [1.54, 1.807) is 0 Å². The molecule has 0 saturated carbocycles. The van der Waals surface area contributed by atoms with Crippen molar-refractivity contribution in [2.75, 3.05) is 0 Å². The van der Waals surface area contributed by atoms with E-state index in [2.05, 4.69) is 80.6 Å². The van der Waals surface area contributed by atoms with Crippen molar-refractivity contribution in [3.63, 3.8) is 0 Å². The third-order valence-corrected chi connectivity index (χ3v) is 5.40. The molecule has 0 heterocycles. The van der Waals surface area contributed by atoms with Gasteiger partial charge in [0.25, 0.3) is 0 Å². The molecular formula is C24H22O. The van der Waals surface area contributed by atoms with Crippen molar-refractivity contribution in [1.82, 2.24) is 0 Å². The van der Waals surface area contributed by atoms with Crippen molar-refractivity contribution in [1.29, 1.82) is 0 Å². The SMILES string of the molecule is Cc1ccc2c(c1)C=Cc1ccccc1[C@]2(C)c1ccc(CO)cc1. The van der Waals surface area contributed by atoms with E-state index in [0.29, 0.717) is 0 Å². The summed E-state index contributed by atoms with van der Waals surface area (Å²) in [7, 11) is 0. The lowest BCUT2D eigenvalue weighted by Crippen LogP contribution is -2.26. The molecule has 3 aromatic rings. The van der Waals surface area contributed by atoms with E-state index in [-0.39, 0.29) is 12.0 Å². The molecule has 0 bridgehead atoms. The Kier molecular flexibility index (Phi) is 3.82. The van der Waals surface area contributed by atoms with Gasteiger partial charge in [0, 0.05) is 5.41 Å². The molecule has 25 heavy (non-hydrogen) atoms. The molecule has 0 saturated heterocycles. The third kappa shape index (κ3) is 2.52. The number of hydrogen-bond acceptors (Lipinski definition) is 1. The van der Waals surface area contributed by atoms with Crippen LogP contribution >= 0.6 is 0 Å². The van der Waals surface area contributed by atoms with Crippen LogP contribution in [0.5, 0.6) is 0 Å².